The van der Waals surface area contributed by atoms with E-state index in [0.717, 1.165) is 51.4 Å². The average Bonchev–Trinajstić information content (AvgIpc) is 3.17. The molecule has 11 atom stereocenters. The zero-order chi connectivity index (χ0) is 42.0. The molecule has 0 spiro atoms. The molecule has 1 fully saturated rings. The first kappa shape index (κ1) is 51.5. The highest BCUT2D eigenvalue weighted by atomic mass is 16.8. The molecule has 0 aliphatic carbocycles. The molecule has 0 radical (unpaired) electrons. The number of hydrogen-bond acceptors (Lipinski definition) is 17. The molecule has 328 valence electrons. The number of hydrogen-bond donors (Lipinski definition) is 7. The molecule has 7 N–H and O–H groups in total. The average molecular weight is 811 g/mol. The van der Waals surface area contributed by atoms with Gasteiger partial charge in [-0.05, 0) is 25.7 Å². The SMILES string of the molecule is CCCCCCCC(=O)O[C@@H]1[C@H](OC(O)[C@H](O)[C@@H](O)[C@@H](O)[C@H](O)[C@@H](O)CO)O[C@H](COC(=O)CCCCC)[C@@H](OC(=O)CCCCC)[C@@H]1OC(=O)CCCCC. The van der Waals surface area contributed by atoms with Crippen molar-refractivity contribution in [1.82, 2.24) is 0 Å². The van der Waals surface area contributed by atoms with Crippen molar-refractivity contribution >= 4 is 23.9 Å². The number of carbonyl (C=O) groups excluding carboxylic acids is 4. The van der Waals surface area contributed by atoms with E-state index in [4.69, 9.17) is 33.5 Å². The van der Waals surface area contributed by atoms with Crippen molar-refractivity contribution in [3.8, 4) is 0 Å². The van der Waals surface area contributed by atoms with Crippen LogP contribution in [0.5, 0.6) is 0 Å². The number of aliphatic hydroxyl groups is 7. The van der Waals surface area contributed by atoms with Crippen LogP contribution < -0.4 is 0 Å². The summed E-state index contributed by atoms with van der Waals surface area (Å²) in [5.74, 6) is -2.83. The number of esters is 4. The van der Waals surface area contributed by atoms with Crippen LogP contribution in [0, 0.1) is 0 Å². The first-order valence-corrected chi connectivity index (χ1v) is 20.5. The van der Waals surface area contributed by atoms with Crippen LogP contribution in [-0.2, 0) is 47.6 Å². The molecule has 0 saturated carbocycles. The first-order chi connectivity index (χ1) is 26.7. The van der Waals surface area contributed by atoms with E-state index < -0.39 is 105 Å². The molecule has 56 heavy (non-hydrogen) atoms. The summed E-state index contributed by atoms with van der Waals surface area (Å²) in [6, 6.07) is 0. The molecule has 1 aliphatic heterocycles. The Labute approximate surface area is 330 Å². The second-order valence-electron chi connectivity index (χ2n) is 14.4. The summed E-state index contributed by atoms with van der Waals surface area (Å²) in [5.41, 5.74) is 0. The van der Waals surface area contributed by atoms with Gasteiger partial charge in [-0.3, -0.25) is 19.2 Å². The Kier molecular flexibility index (Phi) is 27.3. The molecular weight excluding hydrogens is 740 g/mol. The van der Waals surface area contributed by atoms with Crippen molar-refractivity contribution < 1.29 is 83.3 Å². The molecule has 17 nitrogen and oxygen atoms in total. The fourth-order valence-corrected chi connectivity index (χ4v) is 5.96. The highest BCUT2D eigenvalue weighted by Gasteiger charge is 2.54. The normalized spacial score (nSPS) is 22.9. The number of aliphatic hydroxyl groups excluding tert-OH is 7. The Hall–Kier alpha value is -2.48. The summed E-state index contributed by atoms with van der Waals surface area (Å²) in [7, 11) is 0. The predicted molar refractivity (Wildman–Crippen MR) is 199 cm³/mol. The summed E-state index contributed by atoms with van der Waals surface area (Å²) in [5, 5.41) is 71.6. The van der Waals surface area contributed by atoms with Crippen LogP contribution in [0.15, 0.2) is 0 Å². The minimum absolute atomic E-state index is 0.0187. The third kappa shape index (κ3) is 19.3. The van der Waals surface area contributed by atoms with Gasteiger partial charge in [0, 0.05) is 25.7 Å². The van der Waals surface area contributed by atoms with Gasteiger partial charge in [-0.15, -0.1) is 0 Å². The Morgan fingerprint density at radius 3 is 1.43 bits per heavy atom. The van der Waals surface area contributed by atoms with Crippen LogP contribution in [0.2, 0.25) is 0 Å². The summed E-state index contributed by atoms with van der Waals surface area (Å²) >= 11 is 0. The minimum Gasteiger partial charge on any atom is -0.463 e. The summed E-state index contributed by atoms with van der Waals surface area (Å²) < 4.78 is 34.7. The molecule has 17 heteroatoms. The number of ether oxygens (including phenoxy) is 6. The lowest BCUT2D eigenvalue weighted by molar-refractivity contribution is -0.349. The van der Waals surface area contributed by atoms with Crippen LogP contribution >= 0.6 is 0 Å². The second-order valence-corrected chi connectivity index (χ2v) is 14.4. The van der Waals surface area contributed by atoms with E-state index in [0.29, 0.717) is 38.5 Å². The Morgan fingerprint density at radius 1 is 0.518 bits per heavy atom. The maximum atomic E-state index is 13.3. The molecule has 0 aromatic rings. The molecule has 1 saturated heterocycles. The number of rotatable bonds is 31. The standard InChI is InChI=1S/C39H70O17/c1-5-9-13-14-18-22-30(45)55-37-36(54-29(44)21-17-12-8-4)35(53-28(43)20-16-11-7-3)26(24-51-27(42)19-15-10-6-2)52-39(37)56-38(50)34(49)33(48)32(47)31(46)25(41)23-40/h25-26,31-41,46-50H,5-24H2,1-4H3/t25-,26+,31+,32-,33-,34+,35+,36-,37-,38?,39-/m0/s1. The maximum Gasteiger partial charge on any atom is 0.306 e. The Balaban J connectivity index is 3.66. The van der Waals surface area contributed by atoms with Crippen LogP contribution in [0.3, 0.4) is 0 Å². The zero-order valence-electron chi connectivity index (χ0n) is 33.7. The van der Waals surface area contributed by atoms with Crippen molar-refractivity contribution in [3.05, 3.63) is 0 Å². The summed E-state index contributed by atoms with van der Waals surface area (Å²) in [6.45, 7) is 6.33. The number of unbranched alkanes of at least 4 members (excludes halogenated alkanes) is 10. The van der Waals surface area contributed by atoms with Crippen LogP contribution in [-0.4, -0.2) is 140 Å². The topological polar surface area (TPSA) is 265 Å². The van der Waals surface area contributed by atoms with Crippen LogP contribution in [0.25, 0.3) is 0 Å². The van der Waals surface area contributed by atoms with E-state index in [-0.39, 0.29) is 25.7 Å². The predicted octanol–water partition coefficient (Wildman–Crippen LogP) is 2.22. The van der Waals surface area contributed by atoms with Gasteiger partial charge in [-0.2, -0.15) is 0 Å². The fraction of sp³-hybridized carbons (Fsp3) is 0.897. The Bertz CT molecular complexity index is 1090. The molecule has 0 bridgehead atoms. The van der Waals surface area contributed by atoms with Gasteiger partial charge in [0.2, 0.25) is 6.29 Å². The van der Waals surface area contributed by atoms with E-state index >= 15 is 0 Å². The molecular formula is C39H70O17. The quantitative estimate of drug-likeness (QED) is 0.0229. The van der Waals surface area contributed by atoms with E-state index in [9.17, 15) is 49.8 Å². The molecule has 1 rings (SSSR count). The third-order valence-electron chi connectivity index (χ3n) is 9.44. The van der Waals surface area contributed by atoms with Crippen LogP contribution in [0.4, 0.5) is 0 Å². The first-order valence-electron chi connectivity index (χ1n) is 20.5. The molecule has 0 aromatic heterocycles. The molecule has 1 heterocycles. The van der Waals surface area contributed by atoms with E-state index in [1.54, 1.807) is 0 Å². The maximum absolute atomic E-state index is 13.3. The lowest BCUT2D eigenvalue weighted by Gasteiger charge is -2.45. The van der Waals surface area contributed by atoms with E-state index in [1.165, 1.54) is 0 Å². The summed E-state index contributed by atoms with van der Waals surface area (Å²) in [4.78, 5) is 52.6. The highest BCUT2D eigenvalue weighted by molar-refractivity contribution is 5.72. The van der Waals surface area contributed by atoms with Gasteiger partial charge in [0.15, 0.2) is 24.6 Å². The lowest BCUT2D eigenvalue weighted by atomic mass is 9.97. The fourth-order valence-electron chi connectivity index (χ4n) is 5.96. The second kappa shape index (κ2) is 29.7. The van der Waals surface area contributed by atoms with Gasteiger partial charge in [-0.1, -0.05) is 91.9 Å². The Morgan fingerprint density at radius 2 is 0.929 bits per heavy atom. The van der Waals surface area contributed by atoms with Gasteiger partial charge in [0.05, 0.1) is 6.61 Å². The monoisotopic (exact) mass is 810 g/mol. The van der Waals surface area contributed by atoms with Crippen molar-refractivity contribution in [2.45, 2.75) is 211 Å². The molecule has 1 unspecified atom stereocenters. The van der Waals surface area contributed by atoms with Crippen LogP contribution in [0.1, 0.15) is 143 Å². The van der Waals surface area contributed by atoms with E-state index in [2.05, 4.69) is 0 Å². The molecule has 0 amide bonds. The smallest absolute Gasteiger partial charge is 0.306 e. The highest BCUT2D eigenvalue weighted by Crippen LogP contribution is 2.32. The molecule has 1 aliphatic rings. The van der Waals surface area contributed by atoms with Gasteiger partial charge < -0.3 is 64.2 Å². The van der Waals surface area contributed by atoms with Gasteiger partial charge >= 0.3 is 23.9 Å². The molecule has 0 aromatic carbocycles. The summed E-state index contributed by atoms with van der Waals surface area (Å²) in [6.07, 6.45) is -12.0. The largest absolute Gasteiger partial charge is 0.463 e. The van der Waals surface area contributed by atoms with Gasteiger partial charge in [0.1, 0.15) is 43.2 Å². The zero-order valence-corrected chi connectivity index (χ0v) is 33.7. The van der Waals surface area contributed by atoms with Gasteiger partial charge in [-0.25, -0.2) is 0 Å². The van der Waals surface area contributed by atoms with Crippen molar-refractivity contribution in [2.75, 3.05) is 13.2 Å². The van der Waals surface area contributed by atoms with Crippen molar-refractivity contribution in [3.63, 3.8) is 0 Å². The van der Waals surface area contributed by atoms with Gasteiger partial charge in [0.25, 0.3) is 0 Å². The third-order valence-corrected chi connectivity index (χ3v) is 9.44. The number of carbonyl (C=O) groups is 4. The lowest BCUT2D eigenvalue weighted by Crippen LogP contribution is -2.64. The van der Waals surface area contributed by atoms with E-state index in [1.807, 2.05) is 27.7 Å². The van der Waals surface area contributed by atoms with Crippen molar-refractivity contribution in [2.24, 2.45) is 0 Å². The van der Waals surface area contributed by atoms with Crippen molar-refractivity contribution in [1.29, 1.82) is 0 Å². The minimum atomic E-state index is -2.47.